The zero-order chi connectivity index (χ0) is 21.0. The molecule has 1 saturated carbocycles. The average Bonchev–Trinajstić information content (AvgIpc) is 3.49. The van der Waals surface area contributed by atoms with Crippen molar-refractivity contribution < 1.29 is 9.53 Å². The molecule has 1 aliphatic rings. The van der Waals surface area contributed by atoms with Crippen LogP contribution in [0.2, 0.25) is 0 Å². The van der Waals surface area contributed by atoms with Gasteiger partial charge in [0.1, 0.15) is 10.8 Å². The van der Waals surface area contributed by atoms with Crippen LogP contribution >= 0.6 is 11.3 Å². The number of nitrogens with zero attached hydrogens (tertiary/aromatic N) is 4. The van der Waals surface area contributed by atoms with Crippen molar-refractivity contribution >= 4 is 28.2 Å². The largest absolute Gasteiger partial charge is 0.497 e. The first-order chi connectivity index (χ1) is 14.6. The molecular formula is C21H24N6O2S. The van der Waals surface area contributed by atoms with Gasteiger partial charge in [0.2, 0.25) is 11.0 Å². The Hall–Kier alpha value is -3.07. The van der Waals surface area contributed by atoms with Gasteiger partial charge in [-0.2, -0.15) is 5.10 Å². The summed E-state index contributed by atoms with van der Waals surface area (Å²) in [5, 5.41) is 20.7. The summed E-state index contributed by atoms with van der Waals surface area (Å²) in [6.07, 6.45) is 5.28. The molecule has 8 nitrogen and oxygen atoms in total. The molecule has 0 atom stereocenters. The predicted molar refractivity (Wildman–Crippen MR) is 116 cm³/mol. The molecule has 0 saturated heterocycles. The van der Waals surface area contributed by atoms with E-state index < -0.39 is 5.41 Å². The Morgan fingerprint density at radius 3 is 2.63 bits per heavy atom. The molecule has 1 aliphatic carbocycles. The number of aryl methyl sites for hydroxylation is 2. The molecule has 0 aliphatic heterocycles. The monoisotopic (exact) mass is 424 g/mol. The van der Waals surface area contributed by atoms with Gasteiger partial charge in [0.15, 0.2) is 5.82 Å². The standard InChI is InChI=1S/C21H24N6O2S/c1-29-16-7-4-5-14(13-16)21(11-12-21)19(28)23-17-10-9-15(24-25-17)6-2-3-8-18-26-27-20(22)30-18/h4-5,7,9-10,13H,2-3,6,8,11-12H2,1H3,(H2,22,27)(H,23,25,28). The van der Waals surface area contributed by atoms with E-state index in [1.807, 2.05) is 36.4 Å². The average molecular weight is 425 g/mol. The number of rotatable bonds is 9. The molecule has 2 heterocycles. The summed E-state index contributed by atoms with van der Waals surface area (Å²) in [6.45, 7) is 0. The number of nitrogen functional groups attached to an aromatic ring is 1. The fourth-order valence-electron chi connectivity index (χ4n) is 3.44. The van der Waals surface area contributed by atoms with Crippen molar-refractivity contribution in [2.75, 3.05) is 18.2 Å². The van der Waals surface area contributed by atoms with Gasteiger partial charge in [-0.05, 0) is 61.9 Å². The van der Waals surface area contributed by atoms with Crippen LogP contribution in [0.4, 0.5) is 10.9 Å². The molecule has 9 heteroatoms. The number of nitrogens with two attached hydrogens (primary N) is 1. The van der Waals surface area contributed by atoms with E-state index >= 15 is 0 Å². The van der Waals surface area contributed by atoms with Gasteiger partial charge in [0.05, 0.1) is 18.2 Å². The van der Waals surface area contributed by atoms with E-state index in [-0.39, 0.29) is 5.91 Å². The minimum Gasteiger partial charge on any atom is -0.497 e. The third kappa shape index (κ3) is 4.56. The van der Waals surface area contributed by atoms with Gasteiger partial charge in [0, 0.05) is 6.42 Å². The van der Waals surface area contributed by atoms with Crippen LogP contribution in [-0.2, 0) is 23.1 Å². The number of benzene rings is 1. The van der Waals surface area contributed by atoms with Crippen LogP contribution in [0.15, 0.2) is 36.4 Å². The number of unbranched alkanes of at least 4 members (excludes halogenated alkanes) is 1. The van der Waals surface area contributed by atoms with Gasteiger partial charge in [-0.25, -0.2) is 0 Å². The van der Waals surface area contributed by atoms with Crippen LogP contribution in [0.3, 0.4) is 0 Å². The number of hydrogen-bond acceptors (Lipinski definition) is 8. The SMILES string of the molecule is COc1cccc(C2(C(=O)Nc3ccc(CCCCc4nnc(N)s4)nn3)CC2)c1. The summed E-state index contributed by atoms with van der Waals surface area (Å²) in [5.41, 5.74) is 6.97. The maximum absolute atomic E-state index is 12.9. The summed E-state index contributed by atoms with van der Waals surface area (Å²) >= 11 is 1.43. The molecule has 1 amide bonds. The summed E-state index contributed by atoms with van der Waals surface area (Å²) < 4.78 is 5.29. The zero-order valence-corrected chi connectivity index (χ0v) is 17.6. The summed E-state index contributed by atoms with van der Waals surface area (Å²) in [7, 11) is 1.63. The molecule has 0 radical (unpaired) electrons. The second-order valence-corrected chi connectivity index (χ2v) is 8.51. The predicted octanol–water partition coefficient (Wildman–Crippen LogP) is 3.15. The number of nitrogens with one attached hydrogen (secondary N) is 1. The van der Waals surface area contributed by atoms with Crippen molar-refractivity contribution in [1.29, 1.82) is 0 Å². The lowest BCUT2D eigenvalue weighted by Crippen LogP contribution is -2.28. The molecule has 156 valence electrons. The minimum absolute atomic E-state index is 0.0471. The van der Waals surface area contributed by atoms with E-state index in [9.17, 15) is 4.79 Å². The van der Waals surface area contributed by atoms with Crippen molar-refractivity contribution in [2.45, 2.75) is 43.9 Å². The van der Waals surface area contributed by atoms with Gasteiger partial charge < -0.3 is 15.8 Å². The number of anilines is 2. The fraction of sp³-hybridized carbons (Fsp3) is 0.381. The normalized spacial score (nSPS) is 14.3. The third-order valence-electron chi connectivity index (χ3n) is 5.32. The van der Waals surface area contributed by atoms with Gasteiger partial charge >= 0.3 is 0 Å². The van der Waals surface area contributed by atoms with Crippen molar-refractivity contribution in [2.24, 2.45) is 0 Å². The van der Waals surface area contributed by atoms with E-state index in [0.29, 0.717) is 10.9 Å². The van der Waals surface area contributed by atoms with Crippen LogP contribution in [0.5, 0.6) is 5.75 Å². The number of carbonyl (C=O) groups excluding carboxylic acids is 1. The molecule has 0 spiro atoms. The lowest BCUT2D eigenvalue weighted by molar-refractivity contribution is -0.118. The molecule has 30 heavy (non-hydrogen) atoms. The van der Waals surface area contributed by atoms with Crippen LogP contribution in [0.1, 0.15) is 41.9 Å². The highest BCUT2D eigenvalue weighted by Crippen LogP contribution is 2.49. The third-order valence-corrected chi connectivity index (χ3v) is 6.14. The van der Waals surface area contributed by atoms with Crippen LogP contribution in [-0.4, -0.2) is 33.4 Å². The Morgan fingerprint density at radius 2 is 1.97 bits per heavy atom. The molecule has 0 bridgehead atoms. The molecule has 3 aromatic rings. The maximum atomic E-state index is 12.9. The first-order valence-corrected chi connectivity index (χ1v) is 10.8. The van der Waals surface area contributed by atoms with Gasteiger partial charge in [-0.3, -0.25) is 4.79 Å². The smallest absolute Gasteiger partial charge is 0.236 e. The highest BCUT2D eigenvalue weighted by Gasteiger charge is 2.51. The Morgan fingerprint density at radius 1 is 1.13 bits per heavy atom. The molecule has 4 rings (SSSR count). The fourth-order valence-corrected chi connectivity index (χ4v) is 4.09. The van der Waals surface area contributed by atoms with Crippen molar-refractivity contribution in [3.8, 4) is 5.75 Å². The number of hydrogen-bond donors (Lipinski definition) is 2. The van der Waals surface area contributed by atoms with Crippen molar-refractivity contribution in [3.63, 3.8) is 0 Å². The summed E-state index contributed by atoms with van der Waals surface area (Å²) in [5.74, 6) is 1.18. The topological polar surface area (TPSA) is 116 Å². The molecule has 0 unspecified atom stereocenters. The van der Waals surface area contributed by atoms with Gasteiger partial charge in [-0.1, -0.05) is 23.5 Å². The molecule has 2 aromatic heterocycles. The minimum atomic E-state index is -0.497. The van der Waals surface area contributed by atoms with E-state index in [4.69, 9.17) is 10.5 Å². The molecular weight excluding hydrogens is 400 g/mol. The van der Waals surface area contributed by atoms with Crippen LogP contribution in [0.25, 0.3) is 0 Å². The first-order valence-electron chi connectivity index (χ1n) is 9.95. The Balaban J connectivity index is 1.29. The quantitative estimate of drug-likeness (QED) is 0.507. The number of amides is 1. The van der Waals surface area contributed by atoms with Crippen molar-refractivity contribution in [1.82, 2.24) is 20.4 Å². The Bertz CT molecular complexity index is 1020. The second-order valence-electron chi connectivity index (χ2n) is 7.42. The van der Waals surface area contributed by atoms with Crippen LogP contribution < -0.4 is 15.8 Å². The van der Waals surface area contributed by atoms with E-state index in [1.165, 1.54) is 11.3 Å². The highest BCUT2D eigenvalue weighted by atomic mass is 32.1. The Kier molecular flexibility index (Phi) is 5.89. The summed E-state index contributed by atoms with van der Waals surface area (Å²) in [6, 6.07) is 11.4. The number of methoxy groups -OCH3 is 1. The summed E-state index contributed by atoms with van der Waals surface area (Å²) in [4.78, 5) is 12.9. The first kappa shape index (κ1) is 20.2. The van der Waals surface area contributed by atoms with E-state index in [0.717, 1.165) is 60.5 Å². The zero-order valence-electron chi connectivity index (χ0n) is 16.8. The molecule has 3 N–H and O–H groups in total. The number of aromatic nitrogens is 4. The van der Waals surface area contributed by atoms with Gasteiger partial charge in [-0.15, -0.1) is 15.3 Å². The van der Waals surface area contributed by atoms with Crippen LogP contribution in [0, 0.1) is 0 Å². The maximum Gasteiger partial charge on any atom is 0.236 e. The lowest BCUT2D eigenvalue weighted by atomic mass is 9.95. The number of ether oxygens (including phenoxy) is 1. The Labute approximate surface area is 178 Å². The van der Waals surface area contributed by atoms with E-state index in [1.54, 1.807) is 7.11 Å². The van der Waals surface area contributed by atoms with E-state index in [2.05, 4.69) is 25.7 Å². The van der Waals surface area contributed by atoms with Gasteiger partial charge in [0.25, 0.3) is 0 Å². The molecule has 1 fully saturated rings. The van der Waals surface area contributed by atoms with Crippen molar-refractivity contribution in [3.05, 3.63) is 52.7 Å². The highest BCUT2D eigenvalue weighted by molar-refractivity contribution is 7.15. The number of carbonyl (C=O) groups is 1. The second kappa shape index (κ2) is 8.74. The molecule has 1 aromatic carbocycles. The lowest BCUT2D eigenvalue weighted by Gasteiger charge is -2.16.